The Labute approximate surface area is 249 Å². The Morgan fingerprint density at radius 3 is 1.79 bits per heavy atom. The van der Waals surface area contributed by atoms with E-state index in [-0.39, 0.29) is 18.3 Å². The van der Waals surface area contributed by atoms with Gasteiger partial charge in [-0.25, -0.2) is 4.79 Å². The van der Waals surface area contributed by atoms with Gasteiger partial charge >= 0.3 is 11.9 Å². The van der Waals surface area contributed by atoms with E-state index in [1.807, 2.05) is 97.9 Å². The van der Waals surface area contributed by atoms with Crippen molar-refractivity contribution < 1.29 is 23.9 Å². The minimum absolute atomic E-state index is 0.162. The highest BCUT2D eigenvalue weighted by Crippen LogP contribution is 2.36. The molecule has 0 fully saturated rings. The number of esters is 2. The van der Waals surface area contributed by atoms with Crippen molar-refractivity contribution in [1.82, 2.24) is 0 Å². The fourth-order valence-corrected chi connectivity index (χ4v) is 7.50. The van der Waals surface area contributed by atoms with Gasteiger partial charge in [0.25, 0.3) is 0 Å². The van der Waals surface area contributed by atoms with E-state index in [9.17, 15) is 14.4 Å². The number of ether oxygens (including phenoxy) is 2. The molecule has 0 N–H and O–H groups in total. The molecule has 0 aromatic heterocycles. The quantitative estimate of drug-likeness (QED) is 0.102. The van der Waals surface area contributed by atoms with Crippen LogP contribution in [0.5, 0.6) is 0 Å². The Morgan fingerprint density at radius 2 is 1.24 bits per heavy atom. The third-order valence-electron chi connectivity index (χ3n) is 7.25. The molecule has 216 valence electrons. The summed E-state index contributed by atoms with van der Waals surface area (Å²) in [7, 11) is -1.02. The molecule has 4 rings (SSSR count). The van der Waals surface area contributed by atoms with Crippen molar-refractivity contribution >= 4 is 41.6 Å². The maximum absolute atomic E-state index is 14.0. The first-order valence-electron chi connectivity index (χ1n) is 14.3. The van der Waals surface area contributed by atoms with Crippen molar-refractivity contribution in [3.63, 3.8) is 0 Å². The Kier molecular flexibility index (Phi) is 11.2. The van der Waals surface area contributed by atoms with Crippen molar-refractivity contribution in [3.05, 3.63) is 126 Å². The van der Waals surface area contributed by atoms with Gasteiger partial charge in [0.1, 0.15) is 17.8 Å². The third-order valence-corrected chi connectivity index (χ3v) is 9.75. The summed E-state index contributed by atoms with van der Waals surface area (Å²) in [6.45, 7) is 5.34. The van der Waals surface area contributed by atoms with Crippen LogP contribution in [0.15, 0.2) is 115 Å². The lowest BCUT2D eigenvalue weighted by Gasteiger charge is -2.27. The molecule has 0 aliphatic rings. The van der Waals surface area contributed by atoms with Gasteiger partial charge in [-0.05, 0) is 68.1 Å². The number of hydrogen-bond acceptors (Lipinski definition) is 5. The first-order chi connectivity index (χ1) is 20.4. The van der Waals surface area contributed by atoms with E-state index in [1.165, 1.54) is 6.92 Å². The van der Waals surface area contributed by atoms with Gasteiger partial charge in [0.15, 0.2) is 0 Å². The lowest BCUT2D eigenvalue weighted by Crippen LogP contribution is -2.28. The molecule has 5 nitrogen and oxygen atoms in total. The molecule has 0 radical (unpaired) electrons. The number of ketones is 1. The number of hydrogen-bond donors (Lipinski definition) is 0. The molecule has 1 unspecified atom stereocenters. The summed E-state index contributed by atoms with van der Waals surface area (Å²) in [6.07, 6.45) is 0.250. The van der Waals surface area contributed by atoms with Crippen molar-refractivity contribution in [2.75, 3.05) is 6.61 Å². The fraction of sp³-hybridized carbons (Fsp3) is 0.250. The van der Waals surface area contributed by atoms with Crippen LogP contribution in [0.25, 0.3) is 0 Å². The molecule has 0 amide bonds. The normalized spacial score (nSPS) is 13.1. The van der Waals surface area contributed by atoms with Crippen molar-refractivity contribution in [2.45, 2.75) is 39.7 Å². The molecule has 6 heteroatoms. The van der Waals surface area contributed by atoms with Gasteiger partial charge in [0, 0.05) is 0 Å². The van der Waals surface area contributed by atoms with Gasteiger partial charge in [0.2, 0.25) is 0 Å². The lowest BCUT2D eigenvalue weighted by molar-refractivity contribution is -0.151. The summed E-state index contributed by atoms with van der Waals surface area (Å²) >= 11 is 0. The van der Waals surface area contributed by atoms with E-state index in [0.29, 0.717) is 18.4 Å². The smallest absolute Gasteiger partial charge is 0.339 e. The first kappa shape index (κ1) is 30.9. The van der Waals surface area contributed by atoms with E-state index in [1.54, 1.807) is 6.92 Å². The number of carbonyl (C=O) groups is 3. The fourth-order valence-electron chi connectivity index (χ4n) is 5.07. The van der Waals surface area contributed by atoms with Crippen LogP contribution < -0.4 is 15.9 Å². The zero-order chi connectivity index (χ0) is 29.9. The average Bonchev–Trinajstić information content (AvgIpc) is 3.01. The standard InChI is InChI=1S/C36H37O5P/c1-4-40-35(38)31(27(3)37)25-24-26(2)34(28-16-8-5-9-17-28)41-36(39)32-22-14-15-23-33(32)42(29-18-10-6-11-19-29)30-20-12-7-13-21-30/h5-23,26,31,34H,4,24-25H2,1-3H3/t26-,31?,34+/m1/s1. The summed E-state index contributed by atoms with van der Waals surface area (Å²) in [4.78, 5) is 38.7. The van der Waals surface area contributed by atoms with Crippen molar-refractivity contribution in [2.24, 2.45) is 11.8 Å². The highest BCUT2D eigenvalue weighted by atomic mass is 31.1. The number of carbonyl (C=O) groups excluding carboxylic acids is 3. The van der Waals surface area contributed by atoms with Crippen LogP contribution in [0.1, 0.15) is 55.6 Å². The molecule has 0 spiro atoms. The van der Waals surface area contributed by atoms with Crippen LogP contribution in [-0.2, 0) is 19.1 Å². The molecular weight excluding hydrogens is 543 g/mol. The Balaban J connectivity index is 1.65. The predicted octanol–water partition coefficient (Wildman–Crippen LogP) is 6.53. The van der Waals surface area contributed by atoms with Crippen LogP contribution in [0.2, 0.25) is 0 Å². The van der Waals surface area contributed by atoms with Gasteiger partial charge in [-0.1, -0.05) is 116 Å². The lowest BCUT2D eigenvalue weighted by atomic mass is 9.88. The highest BCUT2D eigenvalue weighted by Gasteiger charge is 2.31. The van der Waals surface area contributed by atoms with E-state index in [2.05, 4.69) is 24.3 Å². The molecule has 0 saturated carbocycles. The number of benzene rings is 4. The summed E-state index contributed by atoms with van der Waals surface area (Å²) in [5, 5.41) is 3.20. The van der Waals surface area contributed by atoms with Crippen LogP contribution in [0.4, 0.5) is 0 Å². The molecule has 0 saturated heterocycles. The molecule has 0 aliphatic heterocycles. The SMILES string of the molecule is CCOC(=O)C(CC[C@@H](C)[C@H](OC(=O)c1ccccc1P(c1ccccc1)c1ccccc1)c1ccccc1)C(C)=O. The van der Waals surface area contributed by atoms with E-state index in [4.69, 9.17) is 9.47 Å². The summed E-state index contributed by atoms with van der Waals surface area (Å²) < 4.78 is 11.4. The second-order valence-corrected chi connectivity index (χ2v) is 12.4. The highest BCUT2D eigenvalue weighted by molar-refractivity contribution is 7.80. The Morgan fingerprint density at radius 1 is 0.714 bits per heavy atom. The van der Waals surface area contributed by atoms with Crippen LogP contribution in [0.3, 0.4) is 0 Å². The zero-order valence-corrected chi connectivity index (χ0v) is 25.2. The van der Waals surface area contributed by atoms with Gasteiger partial charge in [0.05, 0.1) is 12.2 Å². The second-order valence-electron chi connectivity index (χ2n) is 10.2. The van der Waals surface area contributed by atoms with Crippen LogP contribution in [-0.4, -0.2) is 24.3 Å². The molecule has 4 aromatic carbocycles. The monoisotopic (exact) mass is 580 g/mol. The summed E-state index contributed by atoms with van der Waals surface area (Å²) in [5.41, 5.74) is 1.39. The third kappa shape index (κ3) is 7.80. The minimum Gasteiger partial charge on any atom is -0.465 e. The van der Waals surface area contributed by atoms with Gasteiger partial charge in [-0.3, -0.25) is 9.59 Å². The molecule has 3 atom stereocenters. The van der Waals surface area contributed by atoms with E-state index >= 15 is 0 Å². The summed E-state index contributed by atoms with van der Waals surface area (Å²) in [6, 6.07) is 37.8. The number of Topliss-reactive ketones (excluding diaryl/α,β-unsaturated/α-hetero) is 1. The van der Waals surface area contributed by atoms with Crippen molar-refractivity contribution in [1.29, 1.82) is 0 Å². The predicted molar refractivity (Wildman–Crippen MR) is 169 cm³/mol. The Bertz CT molecular complexity index is 1420. The summed E-state index contributed by atoms with van der Waals surface area (Å²) in [5.74, 6) is -2.13. The number of rotatable bonds is 13. The molecule has 0 heterocycles. The van der Waals surface area contributed by atoms with Gasteiger partial charge < -0.3 is 9.47 Å². The largest absolute Gasteiger partial charge is 0.465 e. The maximum Gasteiger partial charge on any atom is 0.339 e. The average molecular weight is 581 g/mol. The van der Waals surface area contributed by atoms with Crippen LogP contribution in [0, 0.1) is 11.8 Å². The molecular formula is C36H37O5P. The first-order valence-corrected chi connectivity index (χ1v) is 15.7. The Hall–Kier alpha value is -4.08. The molecule has 42 heavy (non-hydrogen) atoms. The molecule has 4 aromatic rings. The zero-order valence-electron chi connectivity index (χ0n) is 24.3. The van der Waals surface area contributed by atoms with Crippen molar-refractivity contribution in [3.8, 4) is 0 Å². The second kappa shape index (κ2) is 15.2. The van der Waals surface area contributed by atoms with Crippen LogP contribution >= 0.6 is 7.92 Å². The van der Waals surface area contributed by atoms with Gasteiger partial charge in [-0.15, -0.1) is 0 Å². The minimum atomic E-state index is -1.02. The topological polar surface area (TPSA) is 69.7 Å². The van der Waals surface area contributed by atoms with Gasteiger partial charge in [-0.2, -0.15) is 0 Å². The maximum atomic E-state index is 14.0. The molecule has 0 aliphatic carbocycles. The molecule has 0 bridgehead atoms. The van der Waals surface area contributed by atoms with E-state index in [0.717, 1.165) is 21.5 Å². The van der Waals surface area contributed by atoms with E-state index < -0.39 is 31.9 Å².